The number of para-hydroxylation sites is 1. The Hall–Kier alpha value is -5.70. The normalized spacial score (nSPS) is 16.8. The number of hydrogen-bond donors (Lipinski definition) is 0. The first-order chi connectivity index (χ1) is 25.0. The highest BCUT2D eigenvalue weighted by atomic mass is 32.1. The largest absolute Gasteiger partial charge is 0.310 e. The molecule has 1 unspecified atom stereocenters. The zero-order valence-electron chi connectivity index (χ0n) is 28.9. The molecule has 242 valence electrons. The van der Waals surface area contributed by atoms with Gasteiger partial charge in [0.2, 0.25) is 0 Å². The Morgan fingerprint density at radius 3 is 1.80 bits per heavy atom. The first kappa shape index (κ1) is 29.1. The molecular weight excluding hydrogens is 635 g/mol. The maximum atomic E-state index is 2.52. The van der Waals surface area contributed by atoms with Gasteiger partial charge >= 0.3 is 0 Å². The van der Waals surface area contributed by atoms with Crippen LogP contribution in [0, 0.1) is 6.92 Å². The van der Waals surface area contributed by atoms with E-state index >= 15 is 0 Å². The molecule has 1 nitrogen and oxygen atoms in total. The van der Waals surface area contributed by atoms with Crippen LogP contribution in [0.3, 0.4) is 0 Å². The maximum Gasteiger partial charge on any atom is 0.0741 e. The van der Waals surface area contributed by atoms with Gasteiger partial charge in [0.15, 0.2) is 0 Å². The molecular formula is C49H35NS. The highest BCUT2D eigenvalue weighted by molar-refractivity contribution is 7.22. The van der Waals surface area contributed by atoms with E-state index in [1.54, 1.807) is 0 Å². The standard InChI is InChI=1S/C49H35NS/c1-30-21-24-38-43(27-30)49(46-39-17-9-12-20-45(39)51-47(38)46)41-19-11-8-16-35(41)37-26-23-33(29-44(37)49)50(31-13-5-4-6-14-31)32-22-25-36-34-15-7-10-18-40(34)48(2,3)42(36)28-32/h4-29H,1-3H3. The lowest BCUT2D eigenvalue weighted by atomic mass is 9.70. The Morgan fingerprint density at radius 1 is 0.451 bits per heavy atom. The van der Waals surface area contributed by atoms with Crippen molar-refractivity contribution in [1.29, 1.82) is 0 Å². The first-order valence-electron chi connectivity index (χ1n) is 17.9. The second-order valence-corrected chi connectivity index (χ2v) is 16.0. The van der Waals surface area contributed by atoms with Crippen molar-refractivity contribution in [2.24, 2.45) is 0 Å². The molecule has 1 spiro atoms. The fourth-order valence-electron chi connectivity index (χ4n) is 9.73. The lowest BCUT2D eigenvalue weighted by molar-refractivity contribution is 0.660. The molecule has 11 rings (SSSR count). The van der Waals surface area contributed by atoms with Gasteiger partial charge in [0.05, 0.1) is 5.41 Å². The van der Waals surface area contributed by atoms with Crippen molar-refractivity contribution in [3.05, 3.63) is 197 Å². The van der Waals surface area contributed by atoms with E-state index in [1.165, 1.54) is 93.1 Å². The molecule has 3 aliphatic rings. The van der Waals surface area contributed by atoms with E-state index in [9.17, 15) is 0 Å². The summed E-state index contributed by atoms with van der Waals surface area (Å²) in [5.74, 6) is 0. The summed E-state index contributed by atoms with van der Waals surface area (Å²) in [6.45, 7) is 6.97. The number of aryl methyl sites for hydroxylation is 1. The number of hydrogen-bond acceptors (Lipinski definition) is 2. The molecule has 1 atom stereocenters. The molecule has 51 heavy (non-hydrogen) atoms. The molecule has 3 aliphatic carbocycles. The van der Waals surface area contributed by atoms with Crippen molar-refractivity contribution < 1.29 is 0 Å². The molecule has 0 aliphatic heterocycles. The third-order valence-electron chi connectivity index (χ3n) is 11.9. The zero-order valence-corrected chi connectivity index (χ0v) is 29.7. The van der Waals surface area contributed by atoms with Gasteiger partial charge in [0, 0.05) is 32.1 Å². The summed E-state index contributed by atoms with van der Waals surface area (Å²) < 4.78 is 1.35. The van der Waals surface area contributed by atoms with Crippen molar-refractivity contribution in [2.75, 3.05) is 4.90 Å². The van der Waals surface area contributed by atoms with Crippen LogP contribution in [0.4, 0.5) is 17.1 Å². The fraction of sp³-hybridized carbons (Fsp3) is 0.102. The predicted molar refractivity (Wildman–Crippen MR) is 215 cm³/mol. The minimum Gasteiger partial charge on any atom is -0.310 e. The van der Waals surface area contributed by atoms with Gasteiger partial charge in [-0.25, -0.2) is 0 Å². The Kier molecular flexibility index (Phi) is 5.81. The number of rotatable bonds is 3. The van der Waals surface area contributed by atoms with E-state index in [1.807, 2.05) is 11.3 Å². The van der Waals surface area contributed by atoms with Gasteiger partial charge in [-0.05, 0) is 116 Å². The fourth-order valence-corrected chi connectivity index (χ4v) is 11.0. The van der Waals surface area contributed by atoms with Gasteiger partial charge in [-0.1, -0.05) is 135 Å². The predicted octanol–water partition coefficient (Wildman–Crippen LogP) is 13.3. The number of anilines is 3. The third-order valence-corrected chi connectivity index (χ3v) is 13.1. The smallest absolute Gasteiger partial charge is 0.0741 e. The average molecular weight is 670 g/mol. The maximum absolute atomic E-state index is 2.52. The number of nitrogens with zero attached hydrogens (tertiary/aromatic N) is 1. The van der Waals surface area contributed by atoms with Crippen molar-refractivity contribution in [1.82, 2.24) is 0 Å². The van der Waals surface area contributed by atoms with Crippen LogP contribution < -0.4 is 4.90 Å². The van der Waals surface area contributed by atoms with Gasteiger partial charge in [-0.3, -0.25) is 0 Å². The summed E-state index contributed by atoms with van der Waals surface area (Å²) in [7, 11) is 0. The molecule has 1 aromatic heterocycles. The molecule has 2 heteroatoms. The number of fused-ring (bicyclic) bond motifs is 15. The molecule has 0 N–H and O–H groups in total. The summed E-state index contributed by atoms with van der Waals surface area (Å²) in [5.41, 5.74) is 19.4. The van der Waals surface area contributed by atoms with Crippen molar-refractivity contribution in [3.8, 4) is 32.7 Å². The van der Waals surface area contributed by atoms with Crippen LogP contribution in [-0.4, -0.2) is 0 Å². The molecule has 7 aromatic carbocycles. The minimum absolute atomic E-state index is 0.0875. The molecule has 0 saturated heterocycles. The molecule has 0 radical (unpaired) electrons. The molecule has 1 heterocycles. The lowest BCUT2D eigenvalue weighted by Crippen LogP contribution is -2.26. The highest BCUT2D eigenvalue weighted by Gasteiger charge is 2.53. The SMILES string of the molecule is Cc1ccc2c(c1)C1(c3ccccc3-c3ccc(N(c4ccccc4)c4ccc5c(c4)C(C)(C)c4ccccc4-5)cc31)c1c-2sc2ccccc12. The number of benzene rings is 7. The summed E-state index contributed by atoms with van der Waals surface area (Å²) in [5, 5.41) is 1.36. The summed E-state index contributed by atoms with van der Waals surface area (Å²) >= 11 is 1.94. The molecule has 8 aromatic rings. The molecule has 0 bridgehead atoms. The van der Waals surface area contributed by atoms with Crippen molar-refractivity contribution >= 4 is 38.5 Å². The van der Waals surface area contributed by atoms with Crippen LogP contribution in [0.1, 0.15) is 52.8 Å². The summed E-state index contributed by atoms with van der Waals surface area (Å²) in [4.78, 5) is 3.87. The van der Waals surface area contributed by atoms with Crippen LogP contribution in [0.5, 0.6) is 0 Å². The first-order valence-corrected chi connectivity index (χ1v) is 18.8. The highest BCUT2D eigenvalue weighted by Crippen LogP contribution is 2.66. The number of thiophene rings is 1. The van der Waals surface area contributed by atoms with E-state index in [4.69, 9.17) is 0 Å². The van der Waals surface area contributed by atoms with Crippen LogP contribution >= 0.6 is 11.3 Å². The van der Waals surface area contributed by atoms with Crippen LogP contribution in [0.15, 0.2) is 158 Å². The monoisotopic (exact) mass is 669 g/mol. The Labute approximate surface area is 303 Å². The van der Waals surface area contributed by atoms with Gasteiger partial charge in [0.1, 0.15) is 0 Å². The van der Waals surface area contributed by atoms with Crippen LogP contribution in [0.25, 0.3) is 42.8 Å². The van der Waals surface area contributed by atoms with E-state index in [2.05, 4.69) is 183 Å². The Morgan fingerprint density at radius 2 is 1.02 bits per heavy atom. The van der Waals surface area contributed by atoms with Crippen LogP contribution in [-0.2, 0) is 10.8 Å². The van der Waals surface area contributed by atoms with Gasteiger partial charge in [0.25, 0.3) is 0 Å². The summed E-state index contributed by atoms with van der Waals surface area (Å²) in [6, 6.07) is 59.5. The van der Waals surface area contributed by atoms with E-state index in [0.29, 0.717) is 0 Å². The van der Waals surface area contributed by atoms with Gasteiger partial charge in [-0.15, -0.1) is 11.3 Å². The minimum atomic E-state index is -0.415. The van der Waals surface area contributed by atoms with Crippen molar-refractivity contribution in [2.45, 2.75) is 31.6 Å². The van der Waals surface area contributed by atoms with E-state index in [-0.39, 0.29) is 5.41 Å². The molecule has 0 saturated carbocycles. The topological polar surface area (TPSA) is 3.24 Å². The third kappa shape index (κ3) is 3.70. The average Bonchev–Trinajstić information content (AvgIpc) is 3.84. The van der Waals surface area contributed by atoms with Gasteiger partial charge < -0.3 is 4.90 Å². The van der Waals surface area contributed by atoms with Crippen LogP contribution in [0.2, 0.25) is 0 Å². The van der Waals surface area contributed by atoms with Gasteiger partial charge in [-0.2, -0.15) is 0 Å². The molecule has 0 amide bonds. The Balaban J connectivity index is 1.20. The second kappa shape index (κ2) is 10.2. The molecule has 0 fully saturated rings. The van der Waals surface area contributed by atoms with E-state index in [0.717, 1.165) is 5.69 Å². The van der Waals surface area contributed by atoms with Crippen molar-refractivity contribution in [3.63, 3.8) is 0 Å². The zero-order chi connectivity index (χ0) is 34.1. The lowest BCUT2D eigenvalue weighted by Gasteiger charge is -2.32. The quantitative estimate of drug-likeness (QED) is 0.181. The second-order valence-electron chi connectivity index (χ2n) is 14.9. The summed E-state index contributed by atoms with van der Waals surface area (Å²) in [6.07, 6.45) is 0. The Bertz CT molecular complexity index is 2750. The van der Waals surface area contributed by atoms with E-state index < -0.39 is 5.41 Å².